The number of phenols is 1. The summed E-state index contributed by atoms with van der Waals surface area (Å²) in [6.45, 7) is 20.7. The summed E-state index contributed by atoms with van der Waals surface area (Å²) < 4.78 is 20.1. The summed E-state index contributed by atoms with van der Waals surface area (Å²) >= 11 is 0. The second-order valence-electron chi connectivity index (χ2n) is 15.6. The van der Waals surface area contributed by atoms with Crippen molar-refractivity contribution in [2.75, 3.05) is 13.2 Å². The maximum atomic E-state index is 11.5. The summed E-state index contributed by atoms with van der Waals surface area (Å²) in [7, 11) is 0. The van der Waals surface area contributed by atoms with Gasteiger partial charge in [-0.1, -0.05) is 75.0 Å². The van der Waals surface area contributed by atoms with Crippen molar-refractivity contribution in [2.45, 2.75) is 143 Å². The minimum atomic E-state index is -0.231. The number of aromatic hydroxyl groups is 1. The van der Waals surface area contributed by atoms with E-state index in [4.69, 9.17) is 14.2 Å². The van der Waals surface area contributed by atoms with Crippen LogP contribution in [-0.2, 0) is 12.8 Å². The van der Waals surface area contributed by atoms with Crippen LogP contribution >= 0.6 is 0 Å². The van der Waals surface area contributed by atoms with Crippen molar-refractivity contribution in [1.82, 2.24) is 0 Å². The molecule has 2 aliphatic carbocycles. The van der Waals surface area contributed by atoms with Gasteiger partial charge in [-0.05, 0) is 127 Å². The zero-order valence-electron chi connectivity index (χ0n) is 31.1. The van der Waals surface area contributed by atoms with E-state index in [0.717, 1.165) is 85.3 Å². The number of benzene rings is 2. The summed E-state index contributed by atoms with van der Waals surface area (Å²) in [6.07, 6.45) is 18.1. The van der Waals surface area contributed by atoms with Gasteiger partial charge in [-0.25, -0.2) is 0 Å². The van der Waals surface area contributed by atoms with Crippen LogP contribution in [0.4, 0.5) is 0 Å². The highest BCUT2D eigenvalue weighted by atomic mass is 16.5. The Morgan fingerprint density at radius 3 is 1.98 bits per heavy atom. The van der Waals surface area contributed by atoms with Crippen molar-refractivity contribution < 1.29 is 19.3 Å². The van der Waals surface area contributed by atoms with Gasteiger partial charge in [0.05, 0.1) is 0 Å². The van der Waals surface area contributed by atoms with Gasteiger partial charge >= 0.3 is 0 Å². The average molecular weight is 655 g/mol. The standard InChI is InChI=1S/C44H62O4/c1-9-11-13-15-32-25-38(45)42(35-23-30(5)17-19-34(35)29(3)4)39(26-32)46-21-22-47-40-27-33(16-14-12-10-2)28-41-43(40)36-24-31(6)18-20-37(36)44(7,8)48-41/h23-28,34-37,45H,3,9-22H2,1-2,4-8H3/t34-,35+,36+,37+/m0/s1. The molecular weight excluding hydrogens is 592 g/mol. The minimum absolute atomic E-state index is 0.0439. The molecule has 262 valence electrons. The molecule has 1 heterocycles. The Morgan fingerprint density at radius 1 is 0.812 bits per heavy atom. The van der Waals surface area contributed by atoms with E-state index in [0.29, 0.717) is 24.9 Å². The van der Waals surface area contributed by atoms with Crippen molar-refractivity contribution in [3.8, 4) is 23.0 Å². The SMILES string of the molecule is C=C(C)[C@@H]1CCC(C)=C[C@H]1c1c(O)cc(CCCCC)cc1OCCOc1cc(CCCCC)cc2c1[C@@H]1C=C(C)CC[C@H]1C(C)(C)O2. The van der Waals surface area contributed by atoms with Crippen LogP contribution in [0.25, 0.3) is 0 Å². The van der Waals surface area contributed by atoms with Crippen LogP contribution in [0.1, 0.15) is 147 Å². The summed E-state index contributed by atoms with van der Waals surface area (Å²) in [4.78, 5) is 0. The van der Waals surface area contributed by atoms with Crippen molar-refractivity contribution in [3.63, 3.8) is 0 Å². The number of hydrogen-bond donors (Lipinski definition) is 1. The van der Waals surface area contributed by atoms with Gasteiger partial charge in [0.15, 0.2) is 0 Å². The van der Waals surface area contributed by atoms with E-state index >= 15 is 0 Å². The summed E-state index contributed by atoms with van der Waals surface area (Å²) in [5, 5.41) is 11.5. The molecule has 0 radical (unpaired) electrons. The summed E-state index contributed by atoms with van der Waals surface area (Å²) in [5.74, 6) is 4.03. The molecular formula is C44H62O4. The van der Waals surface area contributed by atoms with Crippen LogP contribution in [0.3, 0.4) is 0 Å². The van der Waals surface area contributed by atoms with Crippen molar-refractivity contribution in [1.29, 1.82) is 0 Å². The fourth-order valence-electron chi connectivity index (χ4n) is 8.46. The molecule has 0 saturated carbocycles. The first-order valence-corrected chi connectivity index (χ1v) is 19.0. The van der Waals surface area contributed by atoms with Gasteiger partial charge in [0, 0.05) is 28.9 Å². The van der Waals surface area contributed by atoms with Gasteiger partial charge < -0.3 is 19.3 Å². The zero-order chi connectivity index (χ0) is 34.4. The average Bonchev–Trinajstić information content (AvgIpc) is 3.02. The third-order valence-corrected chi connectivity index (χ3v) is 11.1. The largest absolute Gasteiger partial charge is 0.507 e. The highest BCUT2D eigenvalue weighted by molar-refractivity contribution is 5.55. The van der Waals surface area contributed by atoms with Gasteiger partial charge in [0.25, 0.3) is 0 Å². The van der Waals surface area contributed by atoms with Gasteiger partial charge in [0.2, 0.25) is 0 Å². The fraction of sp³-hybridized carbons (Fsp3) is 0.591. The number of hydrogen-bond acceptors (Lipinski definition) is 4. The molecule has 4 atom stereocenters. The van der Waals surface area contributed by atoms with E-state index in [2.05, 4.69) is 85.4 Å². The molecule has 5 rings (SSSR count). The smallest absolute Gasteiger partial charge is 0.127 e. The van der Waals surface area contributed by atoms with E-state index in [-0.39, 0.29) is 23.4 Å². The van der Waals surface area contributed by atoms with Crippen LogP contribution in [0.15, 0.2) is 59.7 Å². The van der Waals surface area contributed by atoms with Crippen molar-refractivity contribution in [3.05, 3.63) is 82.0 Å². The first-order chi connectivity index (χ1) is 23.0. The van der Waals surface area contributed by atoms with Gasteiger partial charge in [-0.3, -0.25) is 0 Å². The first kappa shape index (κ1) is 36.1. The zero-order valence-corrected chi connectivity index (χ0v) is 31.1. The summed E-state index contributed by atoms with van der Waals surface area (Å²) in [6, 6.07) is 8.68. The highest BCUT2D eigenvalue weighted by Crippen LogP contribution is 2.54. The van der Waals surface area contributed by atoms with E-state index in [9.17, 15) is 5.11 Å². The van der Waals surface area contributed by atoms with E-state index < -0.39 is 0 Å². The second kappa shape index (κ2) is 16.0. The van der Waals surface area contributed by atoms with E-state index in [1.807, 2.05) is 6.07 Å². The molecule has 4 heteroatoms. The molecule has 3 aliphatic rings. The molecule has 1 aliphatic heterocycles. The molecule has 0 unspecified atom stereocenters. The van der Waals surface area contributed by atoms with Crippen LogP contribution < -0.4 is 14.2 Å². The molecule has 2 aromatic carbocycles. The lowest BCUT2D eigenvalue weighted by atomic mass is 9.68. The van der Waals surface area contributed by atoms with E-state index in [1.165, 1.54) is 48.0 Å². The first-order valence-electron chi connectivity index (χ1n) is 19.0. The predicted molar refractivity (Wildman–Crippen MR) is 200 cm³/mol. The Morgan fingerprint density at radius 2 is 1.38 bits per heavy atom. The topological polar surface area (TPSA) is 47.9 Å². The predicted octanol–water partition coefficient (Wildman–Crippen LogP) is 11.9. The molecule has 0 spiro atoms. The van der Waals surface area contributed by atoms with Crippen LogP contribution in [-0.4, -0.2) is 23.9 Å². The molecule has 0 amide bonds. The Balaban J connectivity index is 1.43. The maximum Gasteiger partial charge on any atom is 0.127 e. The van der Waals surface area contributed by atoms with E-state index in [1.54, 1.807) is 0 Å². The fourth-order valence-corrected chi connectivity index (χ4v) is 8.46. The second-order valence-corrected chi connectivity index (χ2v) is 15.6. The number of unbranched alkanes of at least 4 members (excludes halogenated alkanes) is 4. The third kappa shape index (κ3) is 8.35. The number of rotatable bonds is 15. The highest BCUT2D eigenvalue weighted by Gasteiger charge is 2.45. The number of aryl methyl sites for hydroxylation is 2. The lowest BCUT2D eigenvalue weighted by molar-refractivity contribution is 0.0103. The van der Waals surface area contributed by atoms with Gasteiger partial charge in [0.1, 0.15) is 41.8 Å². The molecule has 48 heavy (non-hydrogen) atoms. The van der Waals surface area contributed by atoms with Crippen LogP contribution in [0, 0.1) is 11.8 Å². The van der Waals surface area contributed by atoms with Gasteiger partial charge in [-0.15, -0.1) is 0 Å². The van der Waals surface area contributed by atoms with Crippen LogP contribution in [0.2, 0.25) is 0 Å². The molecule has 0 saturated heterocycles. The van der Waals surface area contributed by atoms with Gasteiger partial charge in [-0.2, -0.15) is 0 Å². The lowest BCUT2D eigenvalue weighted by Gasteiger charge is -2.46. The molecule has 0 fully saturated rings. The Hall–Kier alpha value is -3.14. The number of ether oxygens (including phenoxy) is 3. The Kier molecular flexibility index (Phi) is 12.1. The van der Waals surface area contributed by atoms with Crippen LogP contribution in [0.5, 0.6) is 23.0 Å². The Labute approximate surface area is 291 Å². The minimum Gasteiger partial charge on any atom is -0.507 e. The Bertz CT molecular complexity index is 1490. The number of phenolic OH excluding ortho intramolecular Hbond substituents is 1. The number of allylic oxidation sites excluding steroid dienone is 5. The maximum absolute atomic E-state index is 11.5. The van der Waals surface area contributed by atoms with Crippen molar-refractivity contribution >= 4 is 0 Å². The molecule has 1 N–H and O–H groups in total. The third-order valence-electron chi connectivity index (χ3n) is 11.1. The molecule has 0 bridgehead atoms. The monoisotopic (exact) mass is 654 g/mol. The molecule has 2 aromatic rings. The molecule has 4 nitrogen and oxygen atoms in total. The normalized spacial score (nSPS) is 22.9. The quantitative estimate of drug-likeness (QED) is 0.153. The summed E-state index contributed by atoms with van der Waals surface area (Å²) in [5.41, 5.74) is 8.22. The van der Waals surface area contributed by atoms with Crippen molar-refractivity contribution in [2.24, 2.45) is 11.8 Å². The number of fused-ring (bicyclic) bond motifs is 3. The molecule has 0 aromatic heterocycles. The lowest BCUT2D eigenvalue weighted by Crippen LogP contribution is -2.45.